The van der Waals surface area contributed by atoms with Crippen LogP contribution < -0.4 is 11.1 Å². The molecule has 4 N–H and O–H groups in total. The van der Waals surface area contributed by atoms with Crippen LogP contribution in [0, 0.1) is 0 Å². The van der Waals surface area contributed by atoms with E-state index in [0.717, 1.165) is 5.70 Å². The van der Waals surface area contributed by atoms with E-state index in [2.05, 4.69) is 5.32 Å². The van der Waals surface area contributed by atoms with E-state index in [1.54, 1.807) is 12.3 Å². The molecule has 0 saturated carbocycles. The predicted molar refractivity (Wildman–Crippen MR) is 39.9 cm³/mol. The van der Waals surface area contributed by atoms with Gasteiger partial charge in [0.05, 0.1) is 5.70 Å². The highest BCUT2D eigenvalue weighted by molar-refractivity contribution is 5.29. The summed E-state index contributed by atoms with van der Waals surface area (Å²) in [5, 5.41) is 11.9. The Morgan fingerprint density at radius 1 is 1.50 bits per heavy atom. The van der Waals surface area contributed by atoms with Gasteiger partial charge >= 0.3 is 0 Å². The molecule has 0 aliphatic carbocycles. The van der Waals surface area contributed by atoms with Crippen molar-refractivity contribution >= 4 is 0 Å². The highest BCUT2D eigenvalue weighted by atomic mass is 16.3. The van der Waals surface area contributed by atoms with E-state index < -0.39 is 0 Å². The Hall–Kier alpha value is -1.38. The number of nitrogens with one attached hydrogen (secondary N) is 1. The van der Waals surface area contributed by atoms with Crippen LogP contribution in [0.2, 0.25) is 0 Å². The van der Waals surface area contributed by atoms with Crippen molar-refractivity contribution in [3.05, 3.63) is 35.5 Å². The zero-order chi connectivity index (χ0) is 7.56. The van der Waals surface area contributed by atoms with Gasteiger partial charge in [-0.25, -0.2) is 0 Å². The molecule has 3 heteroatoms. The molecule has 0 aromatic heterocycles. The predicted octanol–water partition coefficient (Wildman–Crippen LogP) is 0.735. The Morgan fingerprint density at radius 2 is 2.20 bits per heavy atom. The summed E-state index contributed by atoms with van der Waals surface area (Å²) < 4.78 is 0. The smallest absolute Gasteiger partial charge is 0.119 e. The fourth-order valence-electron chi connectivity index (χ4n) is 0.715. The first-order chi connectivity index (χ1) is 4.68. The van der Waals surface area contributed by atoms with Crippen LogP contribution in [0.4, 0.5) is 0 Å². The molecule has 1 aliphatic rings. The van der Waals surface area contributed by atoms with Crippen LogP contribution in [0.25, 0.3) is 0 Å². The molecule has 0 unspecified atom stereocenters. The van der Waals surface area contributed by atoms with Crippen LogP contribution >= 0.6 is 0 Å². The van der Waals surface area contributed by atoms with Crippen LogP contribution in [0.1, 0.15) is 6.92 Å². The molecule has 10 heavy (non-hydrogen) atoms. The van der Waals surface area contributed by atoms with Gasteiger partial charge in [-0.2, -0.15) is 0 Å². The summed E-state index contributed by atoms with van der Waals surface area (Å²) in [6.45, 7) is 1.85. The van der Waals surface area contributed by atoms with E-state index in [9.17, 15) is 0 Å². The minimum Gasteiger partial charge on any atom is -0.508 e. The van der Waals surface area contributed by atoms with E-state index in [1.165, 1.54) is 6.08 Å². The SMILES string of the molecule is CC1=CC(O)=CC(N)=CN1. The Balaban J connectivity index is 2.90. The van der Waals surface area contributed by atoms with Crippen molar-refractivity contribution in [3.63, 3.8) is 0 Å². The van der Waals surface area contributed by atoms with Gasteiger partial charge in [-0.15, -0.1) is 0 Å². The van der Waals surface area contributed by atoms with Crippen molar-refractivity contribution in [1.29, 1.82) is 0 Å². The lowest BCUT2D eigenvalue weighted by atomic mass is 10.3. The molecular weight excluding hydrogens is 128 g/mol. The molecule has 0 amide bonds. The van der Waals surface area contributed by atoms with E-state index in [4.69, 9.17) is 10.8 Å². The van der Waals surface area contributed by atoms with Crippen molar-refractivity contribution in [2.45, 2.75) is 6.92 Å². The van der Waals surface area contributed by atoms with Gasteiger partial charge < -0.3 is 16.2 Å². The number of hydrogen-bond acceptors (Lipinski definition) is 3. The zero-order valence-corrected chi connectivity index (χ0v) is 5.76. The van der Waals surface area contributed by atoms with Crippen LogP contribution in [0.3, 0.4) is 0 Å². The largest absolute Gasteiger partial charge is 0.508 e. The van der Waals surface area contributed by atoms with Crippen LogP contribution in [0.5, 0.6) is 0 Å². The number of nitrogens with two attached hydrogens (primary N) is 1. The summed E-state index contributed by atoms with van der Waals surface area (Å²) in [7, 11) is 0. The third kappa shape index (κ3) is 1.55. The summed E-state index contributed by atoms with van der Waals surface area (Å²) in [5.41, 5.74) is 6.80. The molecule has 0 aromatic rings. The lowest BCUT2D eigenvalue weighted by Crippen LogP contribution is -2.03. The Labute approximate surface area is 59.5 Å². The zero-order valence-electron chi connectivity index (χ0n) is 5.76. The van der Waals surface area contributed by atoms with E-state index in [1.807, 2.05) is 6.92 Å². The van der Waals surface area contributed by atoms with Crippen molar-refractivity contribution in [2.75, 3.05) is 0 Å². The standard InChI is InChI=1S/C7H10N2O/c1-5-2-7(10)3-6(8)4-9-5/h2-4,9-10H,8H2,1H3. The molecule has 0 bridgehead atoms. The van der Waals surface area contributed by atoms with E-state index >= 15 is 0 Å². The first-order valence-corrected chi connectivity index (χ1v) is 2.99. The number of hydrogen-bond donors (Lipinski definition) is 3. The normalized spacial score (nSPS) is 17.9. The van der Waals surface area contributed by atoms with Gasteiger partial charge in [0.2, 0.25) is 0 Å². The maximum Gasteiger partial charge on any atom is 0.119 e. The second-order valence-corrected chi connectivity index (χ2v) is 2.19. The average Bonchev–Trinajstić information content (AvgIpc) is 1.93. The average molecular weight is 138 g/mol. The van der Waals surface area contributed by atoms with Crippen molar-refractivity contribution in [1.82, 2.24) is 5.32 Å². The Kier molecular flexibility index (Phi) is 1.67. The fraction of sp³-hybridized carbons (Fsp3) is 0.143. The molecule has 0 atom stereocenters. The van der Waals surface area contributed by atoms with Gasteiger partial charge in [0, 0.05) is 18.0 Å². The maximum atomic E-state index is 9.05. The van der Waals surface area contributed by atoms with Crippen molar-refractivity contribution < 1.29 is 5.11 Å². The van der Waals surface area contributed by atoms with Crippen molar-refractivity contribution in [3.8, 4) is 0 Å². The van der Waals surface area contributed by atoms with Crippen LogP contribution in [-0.2, 0) is 0 Å². The minimum atomic E-state index is 0.177. The van der Waals surface area contributed by atoms with Gasteiger partial charge in [-0.3, -0.25) is 0 Å². The molecular formula is C7H10N2O. The van der Waals surface area contributed by atoms with Crippen LogP contribution in [-0.4, -0.2) is 5.11 Å². The first-order valence-electron chi connectivity index (χ1n) is 2.99. The molecule has 1 heterocycles. The second-order valence-electron chi connectivity index (χ2n) is 2.19. The third-order valence-electron chi connectivity index (χ3n) is 1.15. The molecule has 0 aromatic carbocycles. The van der Waals surface area contributed by atoms with Crippen molar-refractivity contribution in [2.24, 2.45) is 5.73 Å². The summed E-state index contributed by atoms with van der Waals surface area (Å²) >= 11 is 0. The number of rotatable bonds is 0. The maximum absolute atomic E-state index is 9.05. The quantitative estimate of drug-likeness (QED) is 0.462. The summed E-state index contributed by atoms with van der Waals surface area (Å²) in [6.07, 6.45) is 4.73. The third-order valence-corrected chi connectivity index (χ3v) is 1.15. The molecule has 0 fully saturated rings. The molecule has 1 rings (SSSR count). The first kappa shape index (κ1) is 6.74. The monoisotopic (exact) mass is 138 g/mol. The molecule has 1 aliphatic heterocycles. The van der Waals surface area contributed by atoms with E-state index in [0.29, 0.717) is 5.70 Å². The summed E-state index contributed by atoms with van der Waals surface area (Å²) in [4.78, 5) is 0. The second kappa shape index (κ2) is 2.47. The van der Waals surface area contributed by atoms with Gasteiger partial charge in [-0.05, 0) is 13.0 Å². The molecule has 0 saturated heterocycles. The summed E-state index contributed by atoms with van der Waals surface area (Å²) in [6, 6.07) is 0. The highest BCUT2D eigenvalue weighted by Gasteiger charge is 1.95. The molecule has 3 nitrogen and oxygen atoms in total. The summed E-state index contributed by atoms with van der Waals surface area (Å²) in [5.74, 6) is 0.177. The van der Waals surface area contributed by atoms with Gasteiger partial charge in [0.1, 0.15) is 5.76 Å². The lowest BCUT2D eigenvalue weighted by Gasteiger charge is -1.95. The Morgan fingerprint density at radius 3 is 2.90 bits per heavy atom. The number of allylic oxidation sites excluding steroid dienone is 3. The molecule has 54 valence electrons. The topological polar surface area (TPSA) is 58.3 Å². The Bertz CT molecular complexity index is 226. The van der Waals surface area contributed by atoms with Crippen LogP contribution in [0.15, 0.2) is 35.5 Å². The van der Waals surface area contributed by atoms with Gasteiger partial charge in [-0.1, -0.05) is 0 Å². The van der Waals surface area contributed by atoms with E-state index in [-0.39, 0.29) is 5.76 Å². The number of aliphatic hydroxyl groups is 1. The highest BCUT2D eigenvalue weighted by Crippen LogP contribution is 2.02. The van der Waals surface area contributed by atoms with Gasteiger partial charge in [0.25, 0.3) is 0 Å². The van der Waals surface area contributed by atoms with Gasteiger partial charge in [0.15, 0.2) is 0 Å². The lowest BCUT2D eigenvalue weighted by molar-refractivity contribution is 0.431. The molecule has 0 radical (unpaired) electrons. The fourth-order valence-corrected chi connectivity index (χ4v) is 0.715. The number of aliphatic hydroxyl groups excluding tert-OH is 1. The molecule has 0 spiro atoms. The minimum absolute atomic E-state index is 0.177.